The summed E-state index contributed by atoms with van der Waals surface area (Å²) < 4.78 is 13.0. The van der Waals surface area contributed by atoms with Gasteiger partial charge in [-0.05, 0) is 48.4 Å². The third-order valence-corrected chi connectivity index (χ3v) is 6.45. The molecule has 1 aromatic heterocycles. The summed E-state index contributed by atoms with van der Waals surface area (Å²) >= 11 is 3.38. The molecule has 0 bridgehead atoms. The maximum atomic E-state index is 13.3. The minimum atomic E-state index is -0.612. The number of rotatable bonds is 11. The van der Waals surface area contributed by atoms with Crippen molar-refractivity contribution in [3.8, 4) is 11.5 Å². The number of nitro benzene ring substituents is 2. The summed E-state index contributed by atoms with van der Waals surface area (Å²) in [4.78, 5) is 39.6. The van der Waals surface area contributed by atoms with Crippen LogP contribution in [0.4, 0.5) is 11.4 Å². The molecule has 0 aliphatic carbocycles. The van der Waals surface area contributed by atoms with Gasteiger partial charge in [-0.1, -0.05) is 29.3 Å². The molecular weight excluding hydrogens is 586 g/mol. The zero-order valence-corrected chi connectivity index (χ0v) is 23.2. The molecule has 0 saturated carbocycles. The SMILES string of the molecule is CCCCc1nc2ccc(Br)cc2c(=O)n1N=Cc1cc(OC)c(OCc2ccc([N+](=O)[O-])cc2)c([N+](=O)[O-])c1. The van der Waals surface area contributed by atoms with Gasteiger partial charge in [-0.3, -0.25) is 25.0 Å². The lowest BCUT2D eigenvalue weighted by molar-refractivity contribution is -0.386. The van der Waals surface area contributed by atoms with E-state index in [-0.39, 0.29) is 35.0 Å². The summed E-state index contributed by atoms with van der Waals surface area (Å²) in [7, 11) is 1.34. The van der Waals surface area contributed by atoms with Gasteiger partial charge in [0, 0.05) is 34.7 Å². The van der Waals surface area contributed by atoms with E-state index in [0.717, 1.165) is 17.3 Å². The van der Waals surface area contributed by atoms with Crippen LogP contribution in [0.5, 0.6) is 11.5 Å². The van der Waals surface area contributed by atoms with Crippen molar-refractivity contribution in [2.45, 2.75) is 32.8 Å². The molecule has 4 rings (SSSR count). The molecule has 0 unspecified atom stereocenters. The molecule has 0 saturated heterocycles. The van der Waals surface area contributed by atoms with Gasteiger partial charge in [-0.15, -0.1) is 0 Å². The van der Waals surface area contributed by atoms with Crippen LogP contribution in [0.25, 0.3) is 10.9 Å². The fourth-order valence-electron chi connectivity index (χ4n) is 3.92. The van der Waals surface area contributed by atoms with Crippen LogP contribution in [0, 0.1) is 20.2 Å². The van der Waals surface area contributed by atoms with Crippen molar-refractivity contribution < 1.29 is 19.3 Å². The molecule has 0 aliphatic heterocycles. The van der Waals surface area contributed by atoms with Gasteiger partial charge >= 0.3 is 5.69 Å². The Balaban J connectivity index is 1.70. The van der Waals surface area contributed by atoms with Crippen molar-refractivity contribution >= 4 is 44.4 Å². The Labute approximate surface area is 236 Å². The van der Waals surface area contributed by atoms with E-state index in [1.165, 1.54) is 54.4 Å². The van der Waals surface area contributed by atoms with Gasteiger partial charge in [0.1, 0.15) is 12.4 Å². The molecule has 206 valence electrons. The number of nitro groups is 2. The number of methoxy groups -OCH3 is 1. The Hall–Kier alpha value is -4.65. The first-order valence-electron chi connectivity index (χ1n) is 12.2. The highest BCUT2D eigenvalue weighted by molar-refractivity contribution is 9.10. The van der Waals surface area contributed by atoms with E-state index in [1.54, 1.807) is 12.1 Å². The number of benzene rings is 3. The maximum absolute atomic E-state index is 13.3. The third kappa shape index (κ3) is 6.31. The highest BCUT2D eigenvalue weighted by Gasteiger charge is 2.22. The van der Waals surface area contributed by atoms with Crippen LogP contribution >= 0.6 is 15.9 Å². The Bertz CT molecular complexity index is 1670. The Morgan fingerprint density at radius 3 is 2.48 bits per heavy atom. The average molecular weight is 610 g/mol. The fourth-order valence-corrected chi connectivity index (χ4v) is 4.28. The van der Waals surface area contributed by atoms with Gasteiger partial charge in [0.25, 0.3) is 11.2 Å². The second-order valence-electron chi connectivity index (χ2n) is 8.70. The number of nitrogens with zero attached hydrogens (tertiary/aromatic N) is 5. The topological polar surface area (TPSA) is 152 Å². The quantitative estimate of drug-likeness (QED) is 0.118. The van der Waals surface area contributed by atoms with Crippen LogP contribution in [0.1, 0.15) is 36.7 Å². The lowest BCUT2D eigenvalue weighted by Crippen LogP contribution is -2.22. The molecule has 3 aromatic carbocycles. The van der Waals surface area contributed by atoms with Gasteiger partial charge < -0.3 is 9.47 Å². The van der Waals surface area contributed by atoms with Crippen LogP contribution in [0.3, 0.4) is 0 Å². The molecule has 0 radical (unpaired) electrons. The van der Waals surface area contributed by atoms with E-state index in [2.05, 4.69) is 26.0 Å². The Morgan fingerprint density at radius 1 is 1.07 bits per heavy atom. The number of ether oxygens (including phenoxy) is 2. The number of fused-ring (bicyclic) bond motifs is 1. The first-order valence-corrected chi connectivity index (χ1v) is 13.0. The molecule has 0 aliphatic rings. The van der Waals surface area contributed by atoms with E-state index in [1.807, 2.05) is 13.0 Å². The summed E-state index contributed by atoms with van der Waals surface area (Å²) in [6.07, 6.45) is 3.54. The van der Waals surface area contributed by atoms with E-state index >= 15 is 0 Å². The van der Waals surface area contributed by atoms with Crippen molar-refractivity contribution in [1.29, 1.82) is 0 Å². The van der Waals surface area contributed by atoms with Crippen molar-refractivity contribution in [1.82, 2.24) is 9.66 Å². The molecule has 0 N–H and O–H groups in total. The smallest absolute Gasteiger partial charge is 0.315 e. The minimum Gasteiger partial charge on any atom is -0.493 e. The minimum absolute atomic E-state index is 0.0803. The van der Waals surface area contributed by atoms with E-state index in [0.29, 0.717) is 34.3 Å². The predicted molar refractivity (Wildman–Crippen MR) is 152 cm³/mol. The van der Waals surface area contributed by atoms with Crippen LogP contribution in [-0.2, 0) is 13.0 Å². The monoisotopic (exact) mass is 609 g/mol. The summed E-state index contributed by atoms with van der Waals surface area (Å²) in [5.41, 5.74) is 0.607. The van der Waals surface area contributed by atoms with Crippen molar-refractivity contribution in [2.24, 2.45) is 5.10 Å². The van der Waals surface area contributed by atoms with Gasteiger partial charge in [-0.2, -0.15) is 9.78 Å². The molecule has 13 heteroatoms. The molecular formula is C27H24BrN5O7. The average Bonchev–Trinajstić information content (AvgIpc) is 2.94. The molecule has 0 atom stereocenters. The standard InChI is InChI=1S/C27H24BrN5O7/c1-3-4-5-25-30-22-11-8-19(28)14-21(22)27(34)31(25)29-15-18-12-23(33(37)38)26(24(13-18)39-2)40-16-17-6-9-20(10-7-17)32(35)36/h6-15H,3-5,16H2,1-2H3. The van der Waals surface area contributed by atoms with Gasteiger partial charge in [0.05, 0.1) is 34.1 Å². The molecule has 12 nitrogen and oxygen atoms in total. The molecule has 0 fully saturated rings. The highest BCUT2D eigenvalue weighted by atomic mass is 79.9. The zero-order valence-electron chi connectivity index (χ0n) is 21.6. The molecule has 0 amide bonds. The van der Waals surface area contributed by atoms with Gasteiger partial charge in [-0.25, -0.2) is 4.98 Å². The second kappa shape index (κ2) is 12.5. The fraction of sp³-hybridized carbons (Fsp3) is 0.222. The summed E-state index contributed by atoms with van der Waals surface area (Å²) in [6.45, 7) is 1.94. The van der Waals surface area contributed by atoms with Crippen LogP contribution in [0.15, 0.2) is 69.0 Å². The largest absolute Gasteiger partial charge is 0.493 e. The number of hydrogen-bond acceptors (Lipinski definition) is 9. The van der Waals surface area contributed by atoms with Crippen molar-refractivity contribution in [2.75, 3.05) is 7.11 Å². The highest BCUT2D eigenvalue weighted by Crippen LogP contribution is 2.38. The van der Waals surface area contributed by atoms with Crippen LogP contribution in [0.2, 0.25) is 0 Å². The number of hydrogen-bond donors (Lipinski definition) is 0. The maximum Gasteiger partial charge on any atom is 0.315 e. The van der Waals surface area contributed by atoms with Crippen LogP contribution in [-0.4, -0.2) is 32.8 Å². The Morgan fingerprint density at radius 2 is 1.82 bits per heavy atom. The Kier molecular flexibility index (Phi) is 8.84. The molecule has 40 heavy (non-hydrogen) atoms. The lowest BCUT2D eigenvalue weighted by Gasteiger charge is -2.12. The first kappa shape index (κ1) is 28.4. The zero-order chi connectivity index (χ0) is 28.8. The van der Waals surface area contributed by atoms with Gasteiger partial charge in [0.2, 0.25) is 5.75 Å². The first-order chi connectivity index (χ1) is 19.2. The van der Waals surface area contributed by atoms with E-state index in [4.69, 9.17) is 9.47 Å². The summed E-state index contributed by atoms with van der Waals surface area (Å²) in [5.74, 6) is 0.445. The van der Waals surface area contributed by atoms with E-state index in [9.17, 15) is 25.0 Å². The number of unbranched alkanes of at least 4 members (excludes halogenated alkanes) is 1. The molecule has 4 aromatic rings. The van der Waals surface area contributed by atoms with Crippen LogP contribution < -0.4 is 15.0 Å². The number of aryl methyl sites for hydroxylation is 1. The van der Waals surface area contributed by atoms with Crippen molar-refractivity contribution in [3.63, 3.8) is 0 Å². The van der Waals surface area contributed by atoms with E-state index < -0.39 is 9.85 Å². The number of aromatic nitrogens is 2. The number of halogens is 1. The summed E-state index contributed by atoms with van der Waals surface area (Å²) in [6, 6.07) is 13.6. The second-order valence-corrected chi connectivity index (χ2v) is 9.61. The lowest BCUT2D eigenvalue weighted by atomic mass is 10.1. The third-order valence-electron chi connectivity index (χ3n) is 5.96. The number of non-ortho nitro benzene ring substituents is 1. The van der Waals surface area contributed by atoms with Gasteiger partial charge in [0.15, 0.2) is 5.75 Å². The predicted octanol–water partition coefficient (Wildman–Crippen LogP) is 5.79. The van der Waals surface area contributed by atoms with Crippen molar-refractivity contribution in [3.05, 3.63) is 107 Å². The summed E-state index contributed by atoms with van der Waals surface area (Å²) in [5, 5.41) is 27.5. The normalized spacial score (nSPS) is 11.2. The molecule has 0 spiro atoms. The molecule has 1 heterocycles.